The average molecular weight is 578 g/mol. The van der Waals surface area contributed by atoms with Crippen LogP contribution < -0.4 is 10.4 Å². The number of alkyl halides is 3. The van der Waals surface area contributed by atoms with Gasteiger partial charge in [0.15, 0.2) is 0 Å². The van der Waals surface area contributed by atoms with Gasteiger partial charge in [-0.15, -0.1) is 0 Å². The minimum atomic E-state index is -4.62. The molecule has 0 saturated carbocycles. The standard InChI is InChI=1S/C29H34F3N3O6/c1-6-40-25(36)19-17-33(27(38)41-28(2,3)4)15-14-21(19)35-22-12-9-13-23(39-5)24(22)34(26(35)37)16-18-10-7-8-11-20(18)29(30,31)32/h7-13,19,21H,6,14-17H2,1-5H3. The second kappa shape index (κ2) is 11.5. The summed E-state index contributed by atoms with van der Waals surface area (Å²) in [5.41, 5.74) is -1.60. The zero-order chi connectivity index (χ0) is 30.1. The third-order valence-electron chi connectivity index (χ3n) is 6.96. The summed E-state index contributed by atoms with van der Waals surface area (Å²) in [5, 5.41) is 0. The van der Waals surface area contributed by atoms with Crippen molar-refractivity contribution in [3.63, 3.8) is 0 Å². The number of rotatable bonds is 6. The van der Waals surface area contributed by atoms with E-state index in [1.165, 1.54) is 39.3 Å². The Kier molecular flexibility index (Phi) is 8.41. The van der Waals surface area contributed by atoms with Gasteiger partial charge in [0.25, 0.3) is 0 Å². The fourth-order valence-electron chi connectivity index (χ4n) is 5.26. The van der Waals surface area contributed by atoms with Crippen LogP contribution in [-0.4, -0.2) is 58.5 Å². The van der Waals surface area contributed by atoms with E-state index >= 15 is 0 Å². The number of halogens is 3. The van der Waals surface area contributed by atoms with E-state index in [1.807, 2.05) is 0 Å². The van der Waals surface area contributed by atoms with Crippen LogP contribution in [0.2, 0.25) is 0 Å². The summed E-state index contributed by atoms with van der Waals surface area (Å²) >= 11 is 0. The number of amides is 1. The SMILES string of the molecule is CCOC(=O)C1CN(C(=O)OC(C)(C)C)CCC1n1c(=O)n(Cc2ccccc2C(F)(F)F)c2c(OC)cccc21. The molecule has 2 heterocycles. The van der Waals surface area contributed by atoms with Gasteiger partial charge >= 0.3 is 23.9 Å². The van der Waals surface area contributed by atoms with Gasteiger partial charge < -0.3 is 19.1 Å². The molecule has 41 heavy (non-hydrogen) atoms. The zero-order valence-corrected chi connectivity index (χ0v) is 23.7. The number of esters is 1. The van der Waals surface area contributed by atoms with Crippen molar-refractivity contribution in [3.8, 4) is 5.75 Å². The summed E-state index contributed by atoms with van der Waals surface area (Å²) in [6, 6.07) is 9.28. The van der Waals surface area contributed by atoms with Crippen LogP contribution in [0.3, 0.4) is 0 Å². The fraction of sp³-hybridized carbons (Fsp3) is 0.483. The van der Waals surface area contributed by atoms with Gasteiger partial charge in [-0.3, -0.25) is 13.9 Å². The number of fused-ring (bicyclic) bond motifs is 1. The highest BCUT2D eigenvalue weighted by Crippen LogP contribution is 2.36. The van der Waals surface area contributed by atoms with E-state index < -0.39 is 47.1 Å². The Hall–Kier alpha value is -3.96. The van der Waals surface area contributed by atoms with Crippen LogP contribution in [0, 0.1) is 5.92 Å². The van der Waals surface area contributed by atoms with Gasteiger partial charge in [-0.1, -0.05) is 24.3 Å². The third kappa shape index (κ3) is 6.20. The second-order valence-electron chi connectivity index (χ2n) is 10.9. The second-order valence-corrected chi connectivity index (χ2v) is 10.9. The Morgan fingerprint density at radius 2 is 1.76 bits per heavy atom. The number of carbonyl (C=O) groups is 2. The molecular formula is C29H34F3N3O6. The van der Waals surface area contributed by atoms with Crippen LogP contribution in [0.1, 0.15) is 51.3 Å². The van der Waals surface area contributed by atoms with E-state index in [0.717, 1.165) is 6.07 Å². The first kappa shape index (κ1) is 30.0. The average Bonchev–Trinajstić information content (AvgIpc) is 3.18. The number of hydrogen-bond donors (Lipinski definition) is 0. The van der Waals surface area contributed by atoms with Crippen molar-refractivity contribution in [2.45, 2.75) is 58.5 Å². The van der Waals surface area contributed by atoms with E-state index in [-0.39, 0.29) is 38.2 Å². The maximum absolute atomic E-state index is 14.1. The molecule has 2 aromatic carbocycles. The van der Waals surface area contributed by atoms with Crippen molar-refractivity contribution in [2.75, 3.05) is 26.8 Å². The number of hydrogen-bond acceptors (Lipinski definition) is 6. The monoisotopic (exact) mass is 577 g/mol. The van der Waals surface area contributed by atoms with Crippen molar-refractivity contribution in [3.05, 3.63) is 64.1 Å². The lowest BCUT2D eigenvalue weighted by atomic mass is 9.91. The lowest BCUT2D eigenvalue weighted by molar-refractivity contribution is -0.151. The van der Waals surface area contributed by atoms with Gasteiger partial charge in [0.05, 0.1) is 43.3 Å². The zero-order valence-electron chi connectivity index (χ0n) is 23.7. The first-order chi connectivity index (χ1) is 19.3. The summed E-state index contributed by atoms with van der Waals surface area (Å²) in [5.74, 6) is -1.23. The largest absolute Gasteiger partial charge is 0.494 e. The molecule has 1 aliphatic rings. The predicted octanol–water partition coefficient (Wildman–Crippen LogP) is 5.24. The number of para-hydroxylation sites is 1. The molecular weight excluding hydrogens is 543 g/mol. The van der Waals surface area contributed by atoms with Gasteiger partial charge in [-0.2, -0.15) is 13.2 Å². The van der Waals surface area contributed by atoms with E-state index in [9.17, 15) is 27.6 Å². The van der Waals surface area contributed by atoms with Gasteiger partial charge in [0.2, 0.25) is 0 Å². The summed E-state index contributed by atoms with van der Waals surface area (Å²) in [7, 11) is 1.41. The Bertz CT molecular complexity index is 1490. The molecule has 222 valence electrons. The van der Waals surface area contributed by atoms with Gasteiger partial charge in [0.1, 0.15) is 16.9 Å². The smallest absolute Gasteiger partial charge is 0.416 e. The lowest BCUT2D eigenvalue weighted by Gasteiger charge is -2.38. The molecule has 9 nitrogen and oxygen atoms in total. The molecule has 1 fully saturated rings. The van der Waals surface area contributed by atoms with E-state index in [4.69, 9.17) is 14.2 Å². The fourth-order valence-corrected chi connectivity index (χ4v) is 5.26. The molecule has 1 saturated heterocycles. The van der Waals surface area contributed by atoms with Crippen LogP contribution in [0.25, 0.3) is 11.0 Å². The lowest BCUT2D eigenvalue weighted by Crippen LogP contribution is -2.50. The number of ether oxygens (including phenoxy) is 3. The van der Waals surface area contributed by atoms with Crippen LogP contribution in [0.4, 0.5) is 18.0 Å². The Morgan fingerprint density at radius 3 is 2.39 bits per heavy atom. The Balaban J connectivity index is 1.84. The molecule has 4 rings (SSSR count). The maximum Gasteiger partial charge on any atom is 0.416 e. The van der Waals surface area contributed by atoms with Gasteiger partial charge in [0, 0.05) is 13.1 Å². The number of piperidine rings is 1. The van der Waals surface area contributed by atoms with E-state index in [2.05, 4.69) is 0 Å². The van der Waals surface area contributed by atoms with E-state index in [1.54, 1.807) is 45.9 Å². The minimum Gasteiger partial charge on any atom is -0.494 e. The molecule has 0 bridgehead atoms. The summed E-state index contributed by atoms with van der Waals surface area (Å²) < 4.78 is 60.4. The third-order valence-corrected chi connectivity index (χ3v) is 6.96. The van der Waals surface area contributed by atoms with Crippen molar-refractivity contribution in [1.82, 2.24) is 14.0 Å². The summed E-state index contributed by atoms with van der Waals surface area (Å²) in [4.78, 5) is 41.5. The molecule has 1 aromatic heterocycles. The first-order valence-corrected chi connectivity index (χ1v) is 13.3. The van der Waals surface area contributed by atoms with Crippen molar-refractivity contribution >= 4 is 23.1 Å². The molecule has 12 heteroatoms. The number of benzene rings is 2. The maximum atomic E-state index is 14.1. The number of imidazole rings is 1. The number of aromatic nitrogens is 2. The van der Waals surface area contributed by atoms with Crippen molar-refractivity contribution < 1.29 is 37.0 Å². The molecule has 3 aromatic rings. The van der Waals surface area contributed by atoms with Crippen LogP contribution in [0.5, 0.6) is 5.75 Å². The normalized spacial score (nSPS) is 17.9. The molecule has 1 amide bonds. The number of nitrogens with zero attached hydrogens (tertiary/aromatic N) is 3. The van der Waals surface area contributed by atoms with Crippen molar-refractivity contribution in [2.24, 2.45) is 5.92 Å². The topological polar surface area (TPSA) is 92.0 Å². The molecule has 0 N–H and O–H groups in total. The van der Waals surface area contributed by atoms with Gasteiger partial charge in [-0.05, 0) is 57.9 Å². The molecule has 2 atom stereocenters. The van der Waals surface area contributed by atoms with Crippen LogP contribution in [-0.2, 0) is 27.0 Å². The number of methoxy groups -OCH3 is 1. The molecule has 2 unspecified atom stereocenters. The highest BCUT2D eigenvalue weighted by atomic mass is 19.4. The van der Waals surface area contributed by atoms with Crippen LogP contribution in [0.15, 0.2) is 47.3 Å². The van der Waals surface area contributed by atoms with E-state index in [0.29, 0.717) is 16.8 Å². The van der Waals surface area contributed by atoms with Gasteiger partial charge in [-0.25, -0.2) is 9.59 Å². The number of likely N-dealkylation sites (tertiary alicyclic amines) is 1. The quantitative estimate of drug-likeness (QED) is 0.372. The Labute approximate surface area is 235 Å². The van der Waals surface area contributed by atoms with Crippen molar-refractivity contribution in [1.29, 1.82) is 0 Å². The Morgan fingerprint density at radius 1 is 1.05 bits per heavy atom. The summed E-state index contributed by atoms with van der Waals surface area (Å²) in [6.45, 7) is 6.71. The highest BCUT2D eigenvalue weighted by Gasteiger charge is 2.41. The highest BCUT2D eigenvalue weighted by molar-refractivity contribution is 5.84. The molecule has 0 aliphatic carbocycles. The van der Waals surface area contributed by atoms with Crippen LogP contribution >= 0.6 is 0 Å². The molecule has 1 aliphatic heterocycles. The minimum absolute atomic E-state index is 0.0571. The predicted molar refractivity (Wildman–Crippen MR) is 145 cm³/mol. The number of carbonyl (C=O) groups excluding carboxylic acids is 2. The first-order valence-electron chi connectivity index (χ1n) is 13.3. The summed E-state index contributed by atoms with van der Waals surface area (Å²) in [6.07, 6.45) is -5.00. The molecule has 0 spiro atoms. The molecule has 0 radical (unpaired) electrons.